The molecular formula is C7H9N3O4S. The minimum atomic E-state index is -4.19. The maximum atomic E-state index is 10.6. The van der Waals surface area contributed by atoms with E-state index in [1.165, 1.54) is 19.2 Å². The van der Waals surface area contributed by atoms with Crippen molar-refractivity contribution in [3.05, 3.63) is 18.2 Å². The van der Waals surface area contributed by atoms with Crippen LogP contribution in [-0.2, 0) is 10.1 Å². The van der Waals surface area contributed by atoms with Gasteiger partial charge in [-0.1, -0.05) is 0 Å². The molecule has 0 unspecified atom stereocenters. The number of nitrogen functional groups attached to an aromatic ring is 1. The van der Waals surface area contributed by atoms with E-state index in [-0.39, 0.29) is 10.6 Å². The summed E-state index contributed by atoms with van der Waals surface area (Å²) in [4.78, 5) is -0.245. The predicted octanol–water partition coefficient (Wildman–Crippen LogP) is 0.554. The van der Waals surface area contributed by atoms with Gasteiger partial charge >= 0.3 is 0 Å². The van der Waals surface area contributed by atoms with Crippen LogP contribution >= 0.6 is 0 Å². The molecule has 8 heteroatoms. The van der Waals surface area contributed by atoms with Gasteiger partial charge in [-0.3, -0.25) is 4.55 Å². The van der Waals surface area contributed by atoms with Gasteiger partial charge in [-0.15, -0.1) is 0 Å². The van der Waals surface area contributed by atoms with Gasteiger partial charge in [-0.25, -0.2) is 0 Å². The van der Waals surface area contributed by atoms with Crippen LogP contribution in [0.3, 0.4) is 0 Å². The first kappa shape index (κ1) is 13.2. The SMILES string of the molecule is COc1ccc(S(=O)(=O)O)cc1N.N#N. The molecule has 82 valence electrons. The molecule has 0 saturated carbocycles. The summed E-state index contributed by atoms with van der Waals surface area (Å²) in [6.07, 6.45) is 0. The third-order valence-electron chi connectivity index (χ3n) is 1.50. The maximum Gasteiger partial charge on any atom is 0.294 e. The van der Waals surface area contributed by atoms with E-state index in [1.54, 1.807) is 0 Å². The fourth-order valence-corrected chi connectivity index (χ4v) is 1.39. The van der Waals surface area contributed by atoms with E-state index in [0.717, 1.165) is 6.07 Å². The van der Waals surface area contributed by atoms with Crippen LogP contribution in [0.4, 0.5) is 5.69 Å². The number of nitrogens with two attached hydrogens (primary N) is 1. The number of ether oxygens (including phenoxy) is 1. The number of anilines is 1. The Bertz CT molecular complexity index is 455. The second kappa shape index (κ2) is 5.14. The highest BCUT2D eigenvalue weighted by Crippen LogP contribution is 2.23. The number of rotatable bonds is 2. The van der Waals surface area contributed by atoms with E-state index in [4.69, 9.17) is 25.8 Å². The second-order valence-corrected chi connectivity index (χ2v) is 3.80. The average molecular weight is 231 g/mol. The molecule has 0 heterocycles. The van der Waals surface area contributed by atoms with Gasteiger partial charge in [0.05, 0.1) is 17.7 Å². The molecule has 0 amide bonds. The number of methoxy groups -OCH3 is 1. The van der Waals surface area contributed by atoms with Crippen molar-refractivity contribution in [1.82, 2.24) is 0 Å². The minimum absolute atomic E-state index is 0.164. The Morgan fingerprint density at radius 3 is 2.27 bits per heavy atom. The summed E-state index contributed by atoms with van der Waals surface area (Å²) in [5, 5.41) is 12.0. The summed E-state index contributed by atoms with van der Waals surface area (Å²) in [7, 11) is -2.77. The lowest BCUT2D eigenvalue weighted by Gasteiger charge is -2.04. The molecule has 0 bridgehead atoms. The van der Waals surface area contributed by atoms with Crippen LogP contribution in [0, 0.1) is 10.8 Å². The van der Waals surface area contributed by atoms with Crippen LogP contribution in [-0.4, -0.2) is 20.1 Å². The maximum absolute atomic E-state index is 10.6. The second-order valence-electron chi connectivity index (χ2n) is 2.38. The molecule has 0 spiro atoms. The summed E-state index contributed by atoms with van der Waals surface area (Å²) in [5.74, 6) is 0.368. The van der Waals surface area contributed by atoms with Gasteiger partial charge in [-0.05, 0) is 18.2 Å². The fraction of sp³-hybridized carbons (Fsp3) is 0.143. The van der Waals surface area contributed by atoms with E-state index >= 15 is 0 Å². The van der Waals surface area contributed by atoms with Crippen molar-refractivity contribution in [1.29, 1.82) is 10.8 Å². The van der Waals surface area contributed by atoms with Gasteiger partial charge in [0.1, 0.15) is 5.75 Å². The van der Waals surface area contributed by atoms with E-state index in [0.29, 0.717) is 5.75 Å². The van der Waals surface area contributed by atoms with Gasteiger partial charge in [0, 0.05) is 10.8 Å². The molecule has 1 aromatic rings. The van der Waals surface area contributed by atoms with E-state index in [1.807, 2.05) is 0 Å². The van der Waals surface area contributed by atoms with Gasteiger partial charge in [0.2, 0.25) is 0 Å². The molecule has 0 aromatic heterocycles. The first-order chi connectivity index (χ1) is 6.95. The highest BCUT2D eigenvalue weighted by Gasteiger charge is 2.11. The highest BCUT2D eigenvalue weighted by atomic mass is 32.2. The lowest BCUT2D eigenvalue weighted by Crippen LogP contribution is -2.00. The molecule has 1 rings (SSSR count). The zero-order valence-corrected chi connectivity index (χ0v) is 8.60. The molecule has 3 N–H and O–H groups in total. The molecule has 0 saturated heterocycles. The molecule has 7 nitrogen and oxygen atoms in total. The first-order valence-corrected chi connectivity index (χ1v) is 5.00. The van der Waals surface area contributed by atoms with Crippen LogP contribution in [0.5, 0.6) is 5.75 Å². The van der Waals surface area contributed by atoms with Gasteiger partial charge in [0.15, 0.2) is 0 Å². The van der Waals surface area contributed by atoms with Crippen molar-refractivity contribution in [3.8, 4) is 5.75 Å². The Kier molecular flexibility index (Phi) is 4.50. The zero-order valence-electron chi connectivity index (χ0n) is 7.78. The lowest BCUT2D eigenvalue weighted by atomic mass is 10.3. The number of hydrogen-bond acceptors (Lipinski definition) is 6. The van der Waals surface area contributed by atoms with Gasteiger partial charge < -0.3 is 10.5 Å². The number of nitrogens with zero attached hydrogens (tertiary/aromatic N) is 2. The molecular weight excluding hydrogens is 222 g/mol. The summed E-state index contributed by atoms with van der Waals surface area (Å²) >= 11 is 0. The average Bonchev–Trinajstić information content (AvgIpc) is 2.19. The van der Waals surface area contributed by atoms with Crippen LogP contribution in [0.2, 0.25) is 0 Å². The van der Waals surface area contributed by atoms with Crippen molar-refractivity contribution >= 4 is 15.8 Å². The normalized spacial score (nSPS) is 9.87. The Morgan fingerprint density at radius 1 is 1.40 bits per heavy atom. The summed E-state index contributed by atoms with van der Waals surface area (Å²) < 4.78 is 34.8. The molecule has 0 fully saturated rings. The molecule has 0 atom stereocenters. The van der Waals surface area contributed by atoms with E-state index < -0.39 is 10.1 Å². The largest absolute Gasteiger partial charge is 0.495 e. The van der Waals surface area contributed by atoms with Crippen molar-refractivity contribution in [3.63, 3.8) is 0 Å². The fourth-order valence-electron chi connectivity index (χ4n) is 0.873. The zero-order chi connectivity index (χ0) is 12.1. The topological polar surface area (TPSA) is 137 Å². The van der Waals surface area contributed by atoms with Gasteiger partial charge in [-0.2, -0.15) is 8.42 Å². The molecule has 0 aliphatic rings. The van der Waals surface area contributed by atoms with Crippen molar-refractivity contribution in [2.75, 3.05) is 12.8 Å². The predicted molar refractivity (Wildman–Crippen MR) is 50.7 cm³/mol. The molecule has 15 heavy (non-hydrogen) atoms. The molecule has 0 aliphatic heterocycles. The van der Waals surface area contributed by atoms with E-state index in [9.17, 15) is 8.42 Å². The molecule has 0 aliphatic carbocycles. The summed E-state index contributed by atoms with van der Waals surface area (Å²) in [5.41, 5.74) is 5.59. The Hall–Kier alpha value is -1.85. The Morgan fingerprint density at radius 2 is 1.93 bits per heavy atom. The van der Waals surface area contributed by atoms with Crippen LogP contribution in [0.25, 0.3) is 0 Å². The standard InChI is InChI=1S/C7H9NO4S.N2/c1-12-7-3-2-5(4-6(7)8)13(9,10)11;1-2/h2-4H,8H2,1H3,(H,9,10,11);. The van der Waals surface area contributed by atoms with E-state index in [2.05, 4.69) is 0 Å². The van der Waals surface area contributed by atoms with Crippen LogP contribution in [0.15, 0.2) is 23.1 Å². The minimum Gasteiger partial charge on any atom is -0.495 e. The number of hydrogen-bond donors (Lipinski definition) is 2. The quantitative estimate of drug-likeness (QED) is 0.430. The van der Waals surface area contributed by atoms with Crippen LogP contribution in [0.1, 0.15) is 0 Å². The van der Waals surface area contributed by atoms with Crippen molar-refractivity contribution < 1.29 is 17.7 Å². The summed E-state index contributed by atoms with van der Waals surface area (Å²) in [6, 6.07) is 3.72. The summed E-state index contributed by atoms with van der Waals surface area (Å²) in [6.45, 7) is 0. The van der Waals surface area contributed by atoms with Crippen molar-refractivity contribution in [2.45, 2.75) is 4.90 Å². The van der Waals surface area contributed by atoms with Gasteiger partial charge in [0.25, 0.3) is 10.1 Å². The van der Waals surface area contributed by atoms with Crippen molar-refractivity contribution in [2.24, 2.45) is 0 Å². The molecule has 1 aromatic carbocycles. The monoisotopic (exact) mass is 231 g/mol. The highest BCUT2D eigenvalue weighted by molar-refractivity contribution is 7.85. The Balaban J connectivity index is 0.000000921. The molecule has 0 radical (unpaired) electrons. The first-order valence-electron chi connectivity index (χ1n) is 3.56. The Labute approximate surface area is 86.6 Å². The van der Waals surface area contributed by atoms with Crippen LogP contribution < -0.4 is 10.5 Å². The number of benzene rings is 1. The third kappa shape index (κ3) is 3.41. The lowest BCUT2D eigenvalue weighted by molar-refractivity contribution is 0.416. The third-order valence-corrected chi connectivity index (χ3v) is 2.35. The smallest absolute Gasteiger partial charge is 0.294 e.